The second kappa shape index (κ2) is 5.83. The molecule has 1 aromatic carbocycles. The van der Waals surface area contributed by atoms with Gasteiger partial charge in [-0.2, -0.15) is 0 Å². The molecule has 1 aliphatic rings. The van der Waals surface area contributed by atoms with E-state index in [-0.39, 0.29) is 0 Å². The van der Waals surface area contributed by atoms with E-state index in [0.717, 1.165) is 42.0 Å². The molecule has 4 heteroatoms. The maximum atomic E-state index is 5.65. The van der Waals surface area contributed by atoms with Gasteiger partial charge in [-0.05, 0) is 58.1 Å². The summed E-state index contributed by atoms with van der Waals surface area (Å²) in [7, 11) is 2.06. The molecule has 20 heavy (non-hydrogen) atoms. The van der Waals surface area contributed by atoms with Gasteiger partial charge in [0.2, 0.25) is 0 Å². The Morgan fingerprint density at radius 2 is 2.20 bits per heavy atom. The van der Waals surface area contributed by atoms with Crippen LogP contribution in [0.25, 0.3) is 0 Å². The van der Waals surface area contributed by atoms with Crippen LogP contribution in [0.15, 0.2) is 41.0 Å². The van der Waals surface area contributed by atoms with Crippen molar-refractivity contribution in [1.29, 1.82) is 0 Å². The number of benzene rings is 1. The zero-order valence-electron chi connectivity index (χ0n) is 11.5. The van der Waals surface area contributed by atoms with Gasteiger partial charge < -0.3 is 9.64 Å². The molecule has 3 nitrogen and oxygen atoms in total. The fourth-order valence-corrected chi connectivity index (χ4v) is 2.70. The summed E-state index contributed by atoms with van der Waals surface area (Å²) in [6, 6.07) is 10.5. The maximum absolute atomic E-state index is 5.65. The molecule has 104 valence electrons. The molecule has 3 rings (SSSR count). The third kappa shape index (κ3) is 2.96. The molecule has 0 amide bonds. The number of nitrogens with zero attached hydrogens (tertiary/aromatic N) is 2. The van der Waals surface area contributed by atoms with Crippen molar-refractivity contribution in [2.45, 2.75) is 19.4 Å². The predicted molar refractivity (Wildman–Crippen MR) is 84.3 cm³/mol. The zero-order valence-corrected chi connectivity index (χ0v) is 13.1. The number of halogens is 1. The van der Waals surface area contributed by atoms with Gasteiger partial charge in [0, 0.05) is 24.3 Å². The van der Waals surface area contributed by atoms with Crippen molar-refractivity contribution in [3.63, 3.8) is 0 Å². The minimum atomic E-state index is 0.842. The predicted octanol–water partition coefficient (Wildman–Crippen LogP) is 3.81. The van der Waals surface area contributed by atoms with Crippen molar-refractivity contribution in [3.05, 3.63) is 52.1 Å². The standard InChI is InChI=1S/C16H17BrN2O/c1-19(16-7-5-14(17)10-18-16)11-12-4-6-15-13(9-12)3-2-8-20-15/h4-7,9-10H,2-3,8,11H2,1H3. The normalized spacial score (nSPS) is 13.5. The lowest BCUT2D eigenvalue weighted by Crippen LogP contribution is -2.18. The molecular formula is C16H17BrN2O. The Labute approximate surface area is 127 Å². The molecule has 0 atom stereocenters. The molecule has 0 bridgehead atoms. The van der Waals surface area contributed by atoms with Gasteiger partial charge in [-0.1, -0.05) is 12.1 Å². The summed E-state index contributed by atoms with van der Waals surface area (Å²) in [6.07, 6.45) is 4.05. The van der Waals surface area contributed by atoms with Crippen LogP contribution in [0.5, 0.6) is 5.75 Å². The number of hydrogen-bond donors (Lipinski definition) is 0. The summed E-state index contributed by atoms with van der Waals surface area (Å²) in [5, 5.41) is 0. The van der Waals surface area contributed by atoms with Crippen LogP contribution in [0.3, 0.4) is 0 Å². The fraction of sp³-hybridized carbons (Fsp3) is 0.312. The average Bonchev–Trinajstić information content (AvgIpc) is 2.48. The van der Waals surface area contributed by atoms with E-state index in [2.05, 4.69) is 51.1 Å². The molecule has 0 saturated carbocycles. The van der Waals surface area contributed by atoms with Crippen LogP contribution < -0.4 is 9.64 Å². The van der Waals surface area contributed by atoms with Gasteiger partial charge in [-0.3, -0.25) is 0 Å². The Kier molecular flexibility index (Phi) is 3.92. The monoisotopic (exact) mass is 332 g/mol. The minimum absolute atomic E-state index is 0.842. The van der Waals surface area contributed by atoms with E-state index in [0.29, 0.717) is 0 Å². The molecular weight excluding hydrogens is 316 g/mol. The van der Waals surface area contributed by atoms with Crippen LogP contribution in [0, 0.1) is 0 Å². The first kappa shape index (κ1) is 13.4. The van der Waals surface area contributed by atoms with Gasteiger partial charge >= 0.3 is 0 Å². The molecule has 1 aromatic heterocycles. The van der Waals surface area contributed by atoms with Crippen molar-refractivity contribution in [2.24, 2.45) is 0 Å². The quantitative estimate of drug-likeness (QED) is 0.854. The van der Waals surface area contributed by atoms with E-state index in [9.17, 15) is 0 Å². The lowest BCUT2D eigenvalue weighted by Gasteiger charge is -2.21. The van der Waals surface area contributed by atoms with Crippen LogP contribution in [-0.2, 0) is 13.0 Å². The van der Waals surface area contributed by atoms with E-state index >= 15 is 0 Å². The summed E-state index contributed by atoms with van der Waals surface area (Å²) in [4.78, 5) is 6.57. The zero-order chi connectivity index (χ0) is 13.9. The smallest absolute Gasteiger partial charge is 0.128 e. The summed E-state index contributed by atoms with van der Waals surface area (Å²) in [5.74, 6) is 2.02. The number of pyridine rings is 1. The van der Waals surface area contributed by atoms with Crippen molar-refractivity contribution in [2.75, 3.05) is 18.6 Å². The topological polar surface area (TPSA) is 25.4 Å². The molecule has 0 fully saturated rings. The van der Waals surface area contributed by atoms with E-state index in [1.165, 1.54) is 11.1 Å². The van der Waals surface area contributed by atoms with Crippen LogP contribution >= 0.6 is 15.9 Å². The Morgan fingerprint density at radius 1 is 1.30 bits per heavy atom. The lowest BCUT2D eigenvalue weighted by atomic mass is 10.0. The highest BCUT2D eigenvalue weighted by Crippen LogP contribution is 2.26. The molecule has 2 heterocycles. The first-order valence-corrected chi connectivity index (χ1v) is 7.59. The molecule has 1 aliphatic heterocycles. The SMILES string of the molecule is CN(Cc1ccc2c(c1)CCCO2)c1ccc(Br)cn1. The first-order valence-electron chi connectivity index (χ1n) is 6.80. The summed E-state index contributed by atoms with van der Waals surface area (Å²) >= 11 is 3.41. The van der Waals surface area contributed by atoms with E-state index < -0.39 is 0 Å². The summed E-state index contributed by atoms with van der Waals surface area (Å²) in [6.45, 7) is 1.69. The molecule has 0 spiro atoms. The van der Waals surface area contributed by atoms with E-state index in [1.807, 2.05) is 18.3 Å². The van der Waals surface area contributed by atoms with Crippen LogP contribution in [-0.4, -0.2) is 18.6 Å². The van der Waals surface area contributed by atoms with Gasteiger partial charge in [0.1, 0.15) is 11.6 Å². The number of hydrogen-bond acceptors (Lipinski definition) is 3. The van der Waals surface area contributed by atoms with Crippen molar-refractivity contribution >= 4 is 21.7 Å². The van der Waals surface area contributed by atoms with Crippen LogP contribution in [0.1, 0.15) is 17.5 Å². The molecule has 0 unspecified atom stereocenters. The average molecular weight is 333 g/mol. The fourth-order valence-electron chi connectivity index (χ4n) is 2.46. The van der Waals surface area contributed by atoms with Gasteiger partial charge in [0.15, 0.2) is 0 Å². The van der Waals surface area contributed by atoms with Crippen LogP contribution in [0.4, 0.5) is 5.82 Å². The number of aromatic nitrogens is 1. The van der Waals surface area contributed by atoms with Crippen molar-refractivity contribution < 1.29 is 4.74 Å². The van der Waals surface area contributed by atoms with Gasteiger partial charge in [-0.25, -0.2) is 4.98 Å². The highest BCUT2D eigenvalue weighted by molar-refractivity contribution is 9.10. The van der Waals surface area contributed by atoms with Gasteiger partial charge in [0.25, 0.3) is 0 Å². The second-order valence-corrected chi connectivity index (χ2v) is 6.00. The number of fused-ring (bicyclic) bond motifs is 1. The number of aryl methyl sites for hydroxylation is 1. The molecule has 2 aromatic rings. The lowest BCUT2D eigenvalue weighted by molar-refractivity contribution is 0.288. The summed E-state index contributed by atoms with van der Waals surface area (Å²) in [5.41, 5.74) is 2.62. The van der Waals surface area contributed by atoms with E-state index in [1.54, 1.807) is 0 Å². The number of rotatable bonds is 3. The van der Waals surface area contributed by atoms with Gasteiger partial charge in [0.05, 0.1) is 6.61 Å². The molecule has 0 N–H and O–H groups in total. The van der Waals surface area contributed by atoms with Crippen molar-refractivity contribution in [1.82, 2.24) is 4.98 Å². The summed E-state index contributed by atoms with van der Waals surface area (Å²) < 4.78 is 6.65. The number of ether oxygens (including phenoxy) is 1. The molecule has 0 radical (unpaired) electrons. The Bertz CT molecular complexity index is 598. The number of anilines is 1. The third-order valence-corrected chi connectivity index (χ3v) is 3.96. The third-order valence-electron chi connectivity index (χ3n) is 3.50. The second-order valence-electron chi connectivity index (χ2n) is 5.08. The largest absolute Gasteiger partial charge is 0.493 e. The van der Waals surface area contributed by atoms with Crippen molar-refractivity contribution in [3.8, 4) is 5.75 Å². The Morgan fingerprint density at radius 3 is 3.00 bits per heavy atom. The van der Waals surface area contributed by atoms with Crippen LogP contribution in [0.2, 0.25) is 0 Å². The minimum Gasteiger partial charge on any atom is -0.493 e. The highest BCUT2D eigenvalue weighted by Gasteiger charge is 2.11. The highest BCUT2D eigenvalue weighted by atomic mass is 79.9. The van der Waals surface area contributed by atoms with E-state index in [4.69, 9.17) is 4.74 Å². The maximum Gasteiger partial charge on any atom is 0.128 e. The molecule has 0 saturated heterocycles. The first-order chi connectivity index (χ1) is 9.72. The Hall–Kier alpha value is -1.55. The Balaban J connectivity index is 1.75. The molecule has 0 aliphatic carbocycles. The van der Waals surface area contributed by atoms with Gasteiger partial charge in [-0.15, -0.1) is 0 Å².